The van der Waals surface area contributed by atoms with Gasteiger partial charge in [-0.1, -0.05) is 23.7 Å². The minimum Gasteiger partial charge on any atom is -0.497 e. The van der Waals surface area contributed by atoms with Crippen molar-refractivity contribution in [2.75, 3.05) is 7.11 Å². The van der Waals surface area contributed by atoms with E-state index in [2.05, 4.69) is 9.97 Å². The van der Waals surface area contributed by atoms with Crippen LogP contribution in [0.2, 0.25) is 5.15 Å². The number of nitrogens with zero attached hydrogens (tertiary/aromatic N) is 2. The fourth-order valence-electron chi connectivity index (χ4n) is 1.32. The molecule has 0 bridgehead atoms. The van der Waals surface area contributed by atoms with Crippen LogP contribution >= 0.6 is 11.6 Å². The summed E-state index contributed by atoms with van der Waals surface area (Å²) < 4.78 is 5.14. The number of benzene rings is 1. The Kier molecular flexibility index (Phi) is 3.06. The van der Waals surface area contributed by atoms with Crippen LogP contribution in [0, 0.1) is 6.92 Å². The second kappa shape index (κ2) is 4.49. The average molecular weight is 235 g/mol. The van der Waals surface area contributed by atoms with Crippen molar-refractivity contribution < 1.29 is 4.74 Å². The summed E-state index contributed by atoms with van der Waals surface area (Å²) in [5.41, 5.74) is 1.76. The number of aromatic nitrogens is 2. The number of rotatable bonds is 2. The van der Waals surface area contributed by atoms with Gasteiger partial charge in [-0.05, 0) is 19.1 Å². The molecule has 0 atom stereocenters. The van der Waals surface area contributed by atoms with Gasteiger partial charge >= 0.3 is 0 Å². The molecule has 0 aliphatic rings. The quantitative estimate of drug-likeness (QED) is 0.749. The van der Waals surface area contributed by atoms with Gasteiger partial charge in [0.2, 0.25) is 0 Å². The Labute approximate surface area is 99.1 Å². The lowest BCUT2D eigenvalue weighted by Gasteiger charge is -2.04. The van der Waals surface area contributed by atoms with Crippen molar-refractivity contribution in [3.8, 4) is 17.1 Å². The molecule has 4 heteroatoms. The fraction of sp³-hybridized carbons (Fsp3) is 0.167. The number of hydrogen-bond donors (Lipinski definition) is 0. The maximum atomic E-state index is 5.96. The summed E-state index contributed by atoms with van der Waals surface area (Å²) in [6.07, 6.45) is 1.71. The minimum atomic E-state index is 0.479. The summed E-state index contributed by atoms with van der Waals surface area (Å²) in [4.78, 5) is 8.45. The van der Waals surface area contributed by atoms with Crippen LogP contribution in [0.3, 0.4) is 0 Å². The molecule has 1 aromatic heterocycles. The van der Waals surface area contributed by atoms with E-state index in [0.717, 1.165) is 16.9 Å². The first-order valence-corrected chi connectivity index (χ1v) is 5.22. The van der Waals surface area contributed by atoms with Crippen molar-refractivity contribution in [3.05, 3.63) is 41.2 Å². The Morgan fingerprint density at radius 3 is 2.81 bits per heavy atom. The van der Waals surface area contributed by atoms with Crippen molar-refractivity contribution in [2.24, 2.45) is 0 Å². The first-order chi connectivity index (χ1) is 7.70. The van der Waals surface area contributed by atoms with Gasteiger partial charge in [0, 0.05) is 17.3 Å². The topological polar surface area (TPSA) is 35.0 Å². The van der Waals surface area contributed by atoms with Crippen LogP contribution in [0.5, 0.6) is 5.75 Å². The normalized spacial score (nSPS) is 10.2. The zero-order chi connectivity index (χ0) is 11.5. The molecule has 2 rings (SSSR count). The molecule has 3 nitrogen and oxygen atoms in total. The molecule has 0 fully saturated rings. The van der Waals surface area contributed by atoms with Gasteiger partial charge in [0.25, 0.3) is 0 Å². The molecule has 2 aromatic rings. The van der Waals surface area contributed by atoms with Crippen molar-refractivity contribution in [1.29, 1.82) is 0 Å². The third kappa shape index (κ3) is 2.14. The number of aryl methyl sites for hydroxylation is 1. The highest BCUT2D eigenvalue weighted by atomic mass is 35.5. The number of hydrogen-bond acceptors (Lipinski definition) is 3. The maximum Gasteiger partial charge on any atom is 0.160 e. The van der Waals surface area contributed by atoms with Gasteiger partial charge in [0.15, 0.2) is 5.82 Å². The van der Waals surface area contributed by atoms with Crippen LogP contribution in [0.4, 0.5) is 0 Å². The molecule has 0 amide bonds. The van der Waals surface area contributed by atoms with Crippen LogP contribution in [-0.4, -0.2) is 17.1 Å². The average Bonchev–Trinajstić information content (AvgIpc) is 2.33. The molecule has 0 spiro atoms. The molecule has 0 saturated carbocycles. The van der Waals surface area contributed by atoms with Gasteiger partial charge in [0.05, 0.1) is 7.11 Å². The number of methoxy groups -OCH3 is 1. The Bertz CT molecular complexity index is 514. The summed E-state index contributed by atoms with van der Waals surface area (Å²) in [6, 6.07) is 7.56. The Morgan fingerprint density at radius 1 is 1.31 bits per heavy atom. The first kappa shape index (κ1) is 10.9. The Balaban J connectivity index is 2.46. The molecule has 0 N–H and O–H groups in total. The largest absolute Gasteiger partial charge is 0.497 e. The van der Waals surface area contributed by atoms with Gasteiger partial charge in [-0.3, -0.25) is 0 Å². The van der Waals surface area contributed by atoms with Crippen LogP contribution in [0.25, 0.3) is 11.4 Å². The molecule has 1 heterocycles. The van der Waals surface area contributed by atoms with E-state index in [4.69, 9.17) is 16.3 Å². The van der Waals surface area contributed by atoms with E-state index in [1.54, 1.807) is 13.3 Å². The smallest absolute Gasteiger partial charge is 0.160 e. The standard InChI is InChI=1S/C12H11ClN2O/c1-8-7-14-12(15-11(8)13)9-4-3-5-10(6-9)16-2/h3-7H,1-2H3. The van der Waals surface area contributed by atoms with Crippen LogP contribution in [0.1, 0.15) is 5.56 Å². The molecule has 82 valence electrons. The van der Waals surface area contributed by atoms with E-state index in [1.807, 2.05) is 31.2 Å². The molecular weight excluding hydrogens is 224 g/mol. The highest BCUT2D eigenvalue weighted by molar-refractivity contribution is 6.30. The molecule has 0 aliphatic heterocycles. The Hall–Kier alpha value is -1.61. The first-order valence-electron chi connectivity index (χ1n) is 4.84. The second-order valence-corrected chi connectivity index (χ2v) is 3.76. The summed E-state index contributed by atoms with van der Waals surface area (Å²) >= 11 is 5.96. The van der Waals surface area contributed by atoms with Crippen molar-refractivity contribution in [3.63, 3.8) is 0 Å². The highest BCUT2D eigenvalue weighted by Gasteiger charge is 2.05. The third-order valence-corrected chi connectivity index (χ3v) is 2.62. The zero-order valence-electron chi connectivity index (χ0n) is 9.07. The highest BCUT2D eigenvalue weighted by Crippen LogP contribution is 2.22. The fourth-order valence-corrected chi connectivity index (χ4v) is 1.45. The molecule has 0 radical (unpaired) electrons. The molecule has 16 heavy (non-hydrogen) atoms. The lowest BCUT2D eigenvalue weighted by atomic mass is 10.2. The lowest BCUT2D eigenvalue weighted by Crippen LogP contribution is -1.92. The van der Waals surface area contributed by atoms with Crippen molar-refractivity contribution in [1.82, 2.24) is 9.97 Å². The van der Waals surface area contributed by atoms with Crippen LogP contribution < -0.4 is 4.74 Å². The van der Waals surface area contributed by atoms with Gasteiger partial charge in [-0.2, -0.15) is 0 Å². The number of ether oxygens (including phenoxy) is 1. The minimum absolute atomic E-state index is 0.479. The molecule has 0 saturated heterocycles. The lowest BCUT2D eigenvalue weighted by molar-refractivity contribution is 0.415. The van der Waals surface area contributed by atoms with E-state index < -0.39 is 0 Å². The van der Waals surface area contributed by atoms with E-state index in [1.165, 1.54) is 0 Å². The summed E-state index contributed by atoms with van der Waals surface area (Å²) in [7, 11) is 1.63. The van der Waals surface area contributed by atoms with Crippen LogP contribution in [0.15, 0.2) is 30.5 Å². The van der Waals surface area contributed by atoms with Gasteiger partial charge in [-0.15, -0.1) is 0 Å². The van der Waals surface area contributed by atoms with E-state index in [-0.39, 0.29) is 0 Å². The van der Waals surface area contributed by atoms with E-state index in [0.29, 0.717) is 11.0 Å². The van der Waals surface area contributed by atoms with Gasteiger partial charge < -0.3 is 4.74 Å². The summed E-state index contributed by atoms with van der Waals surface area (Å²) in [6.45, 7) is 1.87. The predicted molar refractivity (Wildman–Crippen MR) is 63.8 cm³/mol. The summed E-state index contributed by atoms with van der Waals surface area (Å²) in [5, 5.41) is 0.479. The Morgan fingerprint density at radius 2 is 2.12 bits per heavy atom. The van der Waals surface area contributed by atoms with Crippen molar-refractivity contribution >= 4 is 11.6 Å². The van der Waals surface area contributed by atoms with Gasteiger partial charge in [0.1, 0.15) is 10.9 Å². The number of halogens is 1. The van der Waals surface area contributed by atoms with E-state index in [9.17, 15) is 0 Å². The van der Waals surface area contributed by atoms with Gasteiger partial charge in [-0.25, -0.2) is 9.97 Å². The maximum absolute atomic E-state index is 5.96. The monoisotopic (exact) mass is 234 g/mol. The molecule has 1 aromatic carbocycles. The SMILES string of the molecule is COc1cccc(-c2ncc(C)c(Cl)n2)c1. The third-order valence-electron chi connectivity index (χ3n) is 2.24. The molecule has 0 aliphatic carbocycles. The summed E-state index contributed by atoms with van der Waals surface area (Å²) in [5.74, 6) is 1.38. The predicted octanol–water partition coefficient (Wildman–Crippen LogP) is 3.11. The molecule has 0 unspecified atom stereocenters. The molecular formula is C12H11ClN2O. The van der Waals surface area contributed by atoms with Crippen molar-refractivity contribution in [2.45, 2.75) is 6.92 Å². The second-order valence-electron chi connectivity index (χ2n) is 3.40. The van der Waals surface area contributed by atoms with Crippen LogP contribution in [-0.2, 0) is 0 Å². The van der Waals surface area contributed by atoms with E-state index >= 15 is 0 Å². The zero-order valence-corrected chi connectivity index (χ0v) is 9.82.